The molecule has 0 unspecified atom stereocenters. The van der Waals surface area contributed by atoms with E-state index in [9.17, 15) is 4.39 Å². The van der Waals surface area contributed by atoms with Crippen molar-refractivity contribution in [2.24, 2.45) is 0 Å². The van der Waals surface area contributed by atoms with Crippen molar-refractivity contribution in [1.82, 2.24) is 4.98 Å². The van der Waals surface area contributed by atoms with Gasteiger partial charge in [0.1, 0.15) is 16.8 Å². The number of benzene rings is 1. The molecule has 0 amide bonds. The molecule has 0 aliphatic rings. The summed E-state index contributed by atoms with van der Waals surface area (Å²) in [7, 11) is 0. The molecule has 1 aromatic heterocycles. The van der Waals surface area contributed by atoms with E-state index in [2.05, 4.69) is 10.3 Å². The smallest absolute Gasteiger partial charge is 0.188 e. The van der Waals surface area contributed by atoms with Crippen LogP contribution in [0, 0.1) is 17.1 Å². The highest BCUT2D eigenvalue weighted by molar-refractivity contribution is 7.16. The van der Waals surface area contributed by atoms with Crippen molar-refractivity contribution in [3.05, 3.63) is 40.1 Å². The molecule has 0 fully saturated rings. The van der Waals surface area contributed by atoms with Crippen LogP contribution >= 0.6 is 22.9 Å². The van der Waals surface area contributed by atoms with E-state index in [1.807, 2.05) is 6.07 Å². The number of nitriles is 1. The van der Waals surface area contributed by atoms with Crippen LogP contribution in [0.2, 0.25) is 5.02 Å². The third kappa shape index (κ3) is 2.30. The Kier molecular flexibility index (Phi) is 3.04. The van der Waals surface area contributed by atoms with Gasteiger partial charge in [-0.1, -0.05) is 22.9 Å². The maximum Gasteiger partial charge on any atom is 0.188 e. The minimum atomic E-state index is -0.418. The Morgan fingerprint density at radius 3 is 3.00 bits per heavy atom. The fraction of sp³-hybridized carbons (Fsp3) is 0. The van der Waals surface area contributed by atoms with Gasteiger partial charge in [-0.3, -0.25) is 0 Å². The fourth-order valence-corrected chi connectivity index (χ4v) is 1.89. The topological polar surface area (TPSA) is 48.7 Å². The number of hydrogen-bond donors (Lipinski definition) is 1. The molecule has 1 heterocycles. The Balaban J connectivity index is 2.27. The molecular formula is C10H5ClFN3S. The Hall–Kier alpha value is -1.64. The zero-order valence-electron chi connectivity index (χ0n) is 7.87. The van der Waals surface area contributed by atoms with E-state index < -0.39 is 5.82 Å². The van der Waals surface area contributed by atoms with Crippen molar-refractivity contribution in [2.45, 2.75) is 0 Å². The van der Waals surface area contributed by atoms with Crippen LogP contribution in [-0.4, -0.2) is 4.98 Å². The number of anilines is 2. The van der Waals surface area contributed by atoms with E-state index in [0.29, 0.717) is 15.0 Å². The van der Waals surface area contributed by atoms with Crippen LogP contribution < -0.4 is 5.32 Å². The van der Waals surface area contributed by atoms with Crippen molar-refractivity contribution in [2.75, 3.05) is 5.32 Å². The molecule has 80 valence electrons. The number of hydrogen-bond acceptors (Lipinski definition) is 4. The van der Waals surface area contributed by atoms with Crippen molar-refractivity contribution in [3.8, 4) is 6.07 Å². The molecule has 0 aliphatic carbocycles. The van der Waals surface area contributed by atoms with E-state index in [1.165, 1.54) is 24.4 Å². The quantitative estimate of drug-likeness (QED) is 0.890. The first-order valence-corrected chi connectivity index (χ1v) is 5.46. The van der Waals surface area contributed by atoms with Crippen LogP contribution in [0.4, 0.5) is 15.2 Å². The summed E-state index contributed by atoms with van der Waals surface area (Å²) in [6.45, 7) is 0. The molecule has 2 aromatic rings. The third-order valence-corrected chi connectivity index (χ3v) is 2.84. The molecule has 1 N–H and O–H groups in total. The third-order valence-electron chi connectivity index (χ3n) is 1.79. The highest BCUT2D eigenvalue weighted by atomic mass is 35.5. The van der Waals surface area contributed by atoms with Gasteiger partial charge in [-0.05, 0) is 18.2 Å². The molecule has 2 rings (SSSR count). The highest BCUT2D eigenvalue weighted by Crippen LogP contribution is 2.26. The maximum absolute atomic E-state index is 13.3. The molecule has 1 aromatic carbocycles. The van der Waals surface area contributed by atoms with E-state index in [4.69, 9.17) is 16.9 Å². The first-order valence-electron chi connectivity index (χ1n) is 4.27. The highest BCUT2D eigenvalue weighted by Gasteiger charge is 2.06. The summed E-state index contributed by atoms with van der Waals surface area (Å²) < 4.78 is 13.3. The largest absolute Gasteiger partial charge is 0.329 e. The summed E-state index contributed by atoms with van der Waals surface area (Å²) in [4.78, 5) is 4.39. The second-order valence-corrected chi connectivity index (χ2v) is 4.36. The lowest BCUT2D eigenvalue weighted by Crippen LogP contribution is -1.92. The zero-order chi connectivity index (χ0) is 11.5. The Morgan fingerprint density at radius 1 is 1.50 bits per heavy atom. The van der Waals surface area contributed by atoms with Crippen LogP contribution in [0.25, 0.3) is 0 Å². The lowest BCUT2D eigenvalue weighted by molar-refractivity contribution is 0.632. The average Bonchev–Trinajstić information content (AvgIpc) is 2.71. The standard InChI is InChI=1S/C10H5ClFN3S/c11-6-1-2-8(12)9(3-6)15-10-14-5-7(4-13)16-10/h1-3,5H,(H,14,15). The Bertz CT molecular complexity index is 561. The average molecular weight is 254 g/mol. The van der Waals surface area contributed by atoms with E-state index in [0.717, 1.165) is 11.3 Å². The molecule has 16 heavy (non-hydrogen) atoms. The zero-order valence-corrected chi connectivity index (χ0v) is 9.44. The summed E-state index contributed by atoms with van der Waals surface area (Å²) in [5, 5.41) is 12.3. The van der Waals surface area contributed by atoms with Crippen LogP contribution in [0.15, 0.2) is 24.4 Å². The van der Waals surface area contributed by atoms with Crippen LogP contribution in [-0.2, 0) is 0 Å². The summed E-state index contributed by atoms with van der Waals surface area (Å²) in [6, 6.07) is 6.15. The van der Waals surface area contributed by atoms with Gasteiger partial charge >= 0.3 is 0 Å². The van der Waals surface area contributed by atoms with Gasteiger partial charge < -0.3 is 5.32 Å². The van der Waals surface area contributed by atoms with Gasteiger partial charge in [-0.15, -0.1) is 0 Å². The maximum atomic E-state index is 13.3. The number of nitrogens with zero attached hydrogens (tertiary/aromatic N) is 2. The van der Waals surface area contributed by atoms with Crippen molar-refractivity contribution in [1.29, 1.82) is 5.26 Å². The molecule has 0 aliphatic heterocycles. The molecule has 6 heteroatoms. The fourth-order valence-electron chi connectivity index (χ4n) is 1.09. The van der Waals surface area contributed by atoms with Gasteiger partial charge in [-0.25, -0.2) is 9.37 Å². The summed E-state index contributed by atoms with van der Waals surface area (Å²) in [5.74, 6) is -0.418. The number of thiazole rings is 1. The van der Waals surface area contributed by atoms with Gasteiger partial charge in [0.2, 0.25) is 0 Å². The first kappa shape index (κ1) is 10.9. The summed E-state index contributed by atoms with van der Waals surface area (Å²) in [5.41, 5.74) is 0.242. The molecule has 3 nitrogen and oxygen atoms in total. The first-order chi connectivity index (χ1) is 7.69. The molecule has 0 spiro atoms. The van der Waals surface area contributed by atoms with E-state index in [1.54, 1.807) is 0 Å². The lowest BCUT2D eigenvalue weighted by Gasteiger charge is -2.03. The molecule has 0 saturated heterocycles. The predicted molar refractivity (Wildman–Crippen MR) is 61.5 cm³/mol. The molecular weight excluding hydrogens is 249 g/mol. The van der Waals surface area contributed by atoms with E-state index in [-0.39, 0.29) is 5.69 Å². The van der Waals surface area contributed by atoms with Crippen LogP contribution in [0.5, 0.6) is 0 Å². The van der Waals surface area contributed by atoms with Crippen molar-refractivity contribution >= 4 is 33.8 Å². The van der Waals surface area contributed by atoms with Crippen LogP contribution in [0.3, 0.4) is 0 Å². The monoisotopic (exact) mass is 253 g/mol. The normalized spacial score (nSPS) is 9.81. The number of nitrogens with one attached hydrogen (secondary N) is 1. The summed E-state index contributed by atoms with van der Waals surface area (Å²) >= 11 is 6.89. The minimum Gasteiger partial charge on any atom is -0.329 e. The number of halogens is 2. The predicted octanol–water partition coefficient (Wildman–Crippen LogP) is 3.55. The van der Waals surface area contributed by atoms with Crippen molar-refractivity contribution in [3.63, 3.8) is 0 Å². The molecule has 0 bridgehead atoms. The summed E-state index contributed by atoms with van der Waals surface area (Å²) in [6.07, 6.45) is 1.43. The van der Waals surface area contributed by atoms with E-state index >= 15 is 0 Å². The lowest BCUT2D eigenvalue weighted by atomic mass is 10.3. The second kappa shape index (κ2) is 4.47. The van der Waals surface area contributed by atoms with Gasteiger partial charge in [0.15, 0.2) is 5.13 Å². The Labute approximate surface area is 100 Å². The van der Waals surface area contributed by atoms with Gasteiger partial charge in [0.05, 0.1) is 11.9 Å². The number of rotatable bonds is 2. The molecule has 0 atom stereocenters. The minimum absolute atomic E-state index is 0.242. The number of aromatic nitrogens is 1. The Morgan fingerprint density at radius 2 is 2.31 bits per heavy atom. The SMILES string of the molecule is N#Cc1cnc(Nc2cc(Cl)ccc2F)s1. The second-order valence-electron chi connectivity index (χ2n) is 2.89. The van der Waals surface area contributed by atoms with Gasteiger partial charge in [0.25, 0.3) is 0 Å². The van der Waals surface area contributed by atoms with Gasteiger partial charge in [-0.2, -0.15) is 5.26 Å². The van der Waals surface area contributed by atoms with Crippen LogP contribution in [0.1, 0.15) is 4.88 Å². The molecule has 0 radical (unpaired) electrons. The van der Waals surface area contributed by atoms with Gasteiger partial charge in [0, 0.05) is 5.02 Å². The molecule has 0 saturated carbocycles. The van der Waals surface area contributed by atoms with Crippen molar-refractivity contribution < 1.29 is 4.39 Å².